The van der Waals surface area contributed by atoms with E-state index in [0.717, 1.165) is 23.4 Å². The summed E-state index contributed by atoms with van der Waals surface area (Å²) in [5.41, 5.74) is 0.710. The van der Waals surface area contributed by atoms with Crippen LogP contribution in [0.5, 0.6) is 0 Å². The maximum atomic E-state index is 12.9. The van der Waals surface area contributed by atoms with Crippen LogP contribution in [0.2, 0.25) is 0 Å². The molecule has 2 aromatic rings. The summed E-state index contributed by atoms with van der Waals surface area (Å²) in [6.07, 6.45) is 10.1. The second-order valence-corrected chi connectivity index (χ2v) is 9.78. The Morgan fingerprint density at radius 2 is 1.87 bits per heavy atom. The number of rotatable bonds is 6. The molecule has 7 nitrogen and oxygen atoms in total. The molecule has 4 fully saturated rings. The van der Waals surface area contributed by atoms with Gasteiger partial charge in [0.1, 0.15) is 11.4 Å². The molecule has 1 amide bonds. The average Bonchev–Trinajstić information content (AvgIpc) is 3.08. The molecule has 160 valence electrons. The number of aryl methyl sites for hydroxylation is 1. The molecule has 4 aliphatic rings. The van der Waals surface area contributed by atoms with Gasteiger partial charge >= 0.3 is 0 Å². The van der Waals surface area contributed by atoms with Gasteiger partial charge in [0.05, 0.1) is 6.54 Å². The lowest BCUT2D eigenvalue weighted by molar-refractivity contribution is -0.0119. The van der Waals surface area contributed by atoms with Crippen molar-refractivity contribution in [1.82, 2.24) is 24.8 Å². The molecule has 4 bridgehead atoms. The lowest BCUT2D eigenvalue weighted by Crippen LogP contribution is -2.56. The Kier molecular flexibility index (Phi) is 5.01. The van der Waals surface area contributed by atoms with Crippen molar-refractivity contribution in [2.45, 2.75) is 51.2 Å². The zero-order valence-corrected chi connectivity index (χ0v) is 17.8. The zero-order valence-electron chi connectivity index (χ0n) is 17.8. The van der Waals surface area contributed by atoms with E-state index >= 15 is 0 Å². The van der Waals surface area contributed by atoms with Crippen molar-refractivity contribution < 1.29 is 4.79 Å². The molecule has 2 aromatic heterocycles. The fourth-order valence-corrected chi connectivity index (χ4v) is 6.31. The van der Waals surface area contributed by atoms with Gasteiger partial charge in [0, 0.05) is 37.7 Å². The van der Waals surface area contributed by atoms with Gasteiger partial charge in [-0.15, -0.1) is 0 Å². The number of aromatic nitrogens is 3. The predicted molar refractivity (Wildman–Crippen MR) is 114 cm³/mol. The molecule has 2 heterocycles. The molecule has 0 aromatic carbocycles. The molecular formula is C23H31N5O2. The van der Waals surface area contributed by atoms with Crippen LogP contribution in [0.3, 0.4) is 0 Å². The first-order valence-corrected chi connectivity index (χ1v) is 11.1. The lowest BCUT2D eigenvalue weighted by Gasteiger charge is -2.54. The Morgan fingerprint density at radius 3 is 2.47 bits per heavy atom. The van der Waals surface area contributed by atoms with Crippen molar-refractivity contribution in [2.24, 2.45) is 30.7 Å². The van der Waals surface area contributed by atoms with Crippen molar-refractivity contribution in [2.75, 3.05) is 7.05 Å². The van der Waals surface area contributed by atoms with Crippen LogP contribution in [-0.4, -0.2) is 38.4 Å². The van der Waals surface area contributed by atoms with Crippen LogP contribution < -0.4 is 10.9 Å². The van der Waals surface area contributed by atoms with E-state index in [2.05, 4.69) is 20.2 Å². The van der Waals surface area contributed by atoms with Crippen LogP contribution in [0.4, 0.5) is 0 Å². The third-order valence-corrected chi connectivity index (χ3v) is 7.51. The van der Waals surface area contributed by atoms with Crippen molar-refractivity contribution in [3.63, 3.8) is 0 Å². The van der Waals surface area contributed by atoms with Crippen LogP contribution in [-0.2, 0) is 20.1 Å². The quantitative estimate of drug-likeness (QED) is 0.767. The van der Waals surface area contributed by atoms with Crippen LogP contribution >= 0.6 is 0 Å². The van der Waals surface area contributed by atoms with E-state index in [4.69, 9.17) is 0 Å². The minimum atomic E-state index is -0.306. The zero-order chi connectivity index (χ0) is 20.8. The van der Waals surface area contributed by atoms with Crippen molar-refractivity contribution in [3.8, 4) is 0 Å². The summed E-state index contributed by atoms with van der Waals surface area (Å²) in [6, 6.07) is 3.77. The highest BCUT2D eigenvalue weighted by Gasteiger charge is 2.48. The van der Waals surface area contributed by atoms with Crippen molar-refractivity contribution in [1.29, 1.82) is 0 Å². The maximum Gasteiger partial charge on any atom is 0.261 e. The molecular weight excluding hydrogens is 378 g/mol. The molecule has 0 atom stereocenters. The summed E-state index contributed by atoms with van der Waals surface area (Å²) in [5, 5.41) is 3.23. The van der Waals surface area contributed by atoms with E-state index in [1.807, 2.05) is 30.9 Å². The minimum Gasteiger partial charge on any atom is -0.349 e. The van der Waals surface area contributed by atoms with Gasteiger partial charge in [-0.3, -0.25) is 14.5 Å². The standard InChI is InChI=1S/C23H31N5O2/c1-27(13-20-24-5-6-28(20)2)12-18-3-4-19(22(29)25-18)23(30)26-21-16-8-14-7-15(10-16)11-17(21)9-14/h3-6,14-17,21H,7-13H2,1-2H3,(H,25,29)(H,26,30). The first-order chi connectivity index (χ1) is 14.5. The molecule has 30 heavy (non-hydrogen) atoms. The van der Waals surface area contributed by atoms with Gasteiger partial charge in [0.2, 0.25) is 0 Å². The molecule has 6 rings (SSSR count). The topological polar surface area (TPSA) is 83.0 Å². The highest BCUT2D eigenvalue weighted by atomic mass is 16.2. The summed E-state index contributed by atoms with van der Waals surface area (Å²) >= 11 is 0. The molecule has 0 unspecified atom stereocenters. The number of pyridine rings is 1. The van der Waals surface area contributed by atoms with Gasteiger partial charge in [-0.25, -0.2) is 4.98 Å². The number of nitrogens with one attached hydrogen (secondary N) is 2. The summed E-state index contributed by atoms with van der Waals surface area (Å²) < 4.78 is 1.98. The molecule has 0 aliphatic heterocycles. The van der Waals surface area contributed by atoms with Gasteiger partial charge in [0.15, 0.2) is 0 Å². The fourth-order valence-electron chi connectivity index (χ4n) is 6.31. The van der Waals surface area contributed by atoms with E-state index in [0.29, 0.717) is 24.9 Å². The van der Waals surface area contributed by atoms with Crippen molar-refractivity contribution >= 4 is 5.91 Å². The number of hydrogen-bond acceptors (Lipinski definition) is 4. The smallest absolute Gasteiger partial charge is 0.261 e. The van der Waals surface area contributed by atoms with Gasteiger partial charge in [-0.1, -0.05) is 0 Å². The number of carbonyl (C=O) groups excluding carboxylic acids is 1. The fraction of sp³-hybridized carbons (Fsp3) is 0.609. The third-order valence-electron chi connectivity index (χ3n) is 7.51. The number of carbonyl (C=O) groups is 1. The number of nitrogens with zero attached hydrogens (tertiary/aromatic N) is 3. The average molecular weight is 410 g/mol. The molecule has 2 N–H and O–H groups in total. The largest absolute Gasteiger partial charge is 0.349 e. The predicted octanol–water partition coefficient (Wildman–Crippen LogP) is 2.29. The van der Waals surface area contributed by atoms with E-state index < -0.39 is 0 Å². The lowest BCUT2D eigenvalue weighted by atomic mass is 9.54. The Balaban J connectivity index is 1.23. The first-order valence-electron chi connectivity index (χ1n) is 11.1. The van der Waals surface area contributed by atoms with E-state index in [9.17, 15) is 9.59 Å². The summed E-state index contributed by atoms with van der Waals surface area (Å²) in [7, 11) is 3.95. The van der Waals surface area contributed by atoms with E-state index in [-0.39, 0.29) is 23.1 Å². The SMILES string of the molecule is CN(Cc1ccc(C(=O)NC2C3CC4CC(C3)CC2C4)c(=O)[nH]1)Cc1nccn1C. The van der Waals surface area contributed by atoms with E-state index in [1.54, 1.807) is 12.3 Å². The highest BCUT2D eigenvalue weighted by molar-refractivity contribution is 5.94. The number of amides is 1. The highest BCUT2D eigenvalue weighted by Crippen LogP contribution is 2.53. The van der Waals surface area contributed by atoms with Gasteiger partial charge < -0.3 is 14.9 Å². The number of H-pyrrole nitrogens is 1. The minimum absolute atomic E-state index is 0.221. The molecule has 4 saturated carbocycles. The monoisotopic (exact) mass is 409 g/mol. The first kappa shape index (κ1) is 19.5. The second kappa shape index (κ2) is 7.69. The molecule has 7 heteroatoms. The normalized spacial score (nSPS) is 29.5. The molecule has 0 saturated heterocycles. The molecule has 0 spiro atoms. The van der Waals surface area contributed by atoms with Crippen LogP contribution in [0, 0.1) is 23.7 Å². The Hall–Kier alpha value is -2.41. The summed E-state index contributed by atoms with van der Waals surface area (Å²) in [4.78, 5) is 34.8. The third kappa shape index (κ3) is 3.71. The van der Waals surface area contributed by atoms with Gasteiger partial charge in [-0.2, -0.15) is 0 Å². The summed E-state index contributed by atoms with van der Waals surface area (Å²) in [5.74, 6) is 3.68. The van der Waals surface area contributed by atoms with Crippen LogP contribution in [0.1, 0.15) is 54.0 Å². The Bertz CT molecular complexity index is 965. The van der Waals surface area contributed by atoms with Crippen molar-refractivity contribution in [3.05, 3.63) is 52.0 Å². The number of hydrogen-bond donors (Lipinski definition) is 2. The van der Waals surface area contributed by atoms with Crippen LogP contribution in [0.25, 0.3) is 0 Å². The maximum absolute atomic E-state index is 12.9. The van der Waals surface area contributed by atoms with Crippen LogP contribution in [0.15, 0.2) is 29.3 Å². The summed E-state index contributed by atoms with van der Waals surface area (Å²) in [6.45, 7) is 1.26. The Labute approximate surface area is 176 Å². The Morgan fingerprint density at radius 1 is 1.17 bits per heavy atom. The molecule has 0 radical (unpaired) electrons. The molecule has 4 aliphatic carbocycles. The van der Waals surface area contributed by atoms with Gasteiger partial charge in [0.25, 0.3) is 11.5 Å². The number of imidazole rings is 1. The number of aromatic amines is 1. The van der Waals surface area contributed by atoms with Gasteiger partial charge in [-0.05, 0) is 75.0 Å². The second-order valence-electron chi connectivity index (χ2n) is 9.78. The van der Waals surface area contributed by atoms with E-state index in [1.165, 1.54) is 32.1 Å².